The zero-order valence-electron chi connectivity index (χ0n) is 20.9. The summed E-state index contributed by atoms with van der Waals surface area (Å²) < 4.78 is 16.4. The third kappa shape index (κ3) is 4.58. The third-order valence-electron chi connectivity index (χ3n) is 7.46. The van der Waals surface area contributed by atoms with Crippen LogP contribution in [0.3, 0.4) is 0 Å². The number of fused-ring (bicyclic) bond motifs is 1. The number of nitrogens with zero attached hydrogens (tertiary/aromatic N) is 3. The van der Waals surface area contributed by atoms with Crippen LogP contribution in [0.15, 0.2) is 59.0 Å². The van der Waals surface area contributed by atoms with Crippen molar-refractivity contribution < 1.29 is 23.5 Å². The quantitative estimate of drug-likeness (QED) is 0.422. The summed E-state index contributed by atoms with van der Waals surface area (Å²) in [6.45, 7) is 3.21. The van der Waals surface area contributed by atoms with E-state index in [0.29, 0.717) is 52.0 Å². The van der Waals surface area contributed by atoms with Crippen molar-refractivity contribution >= 4 is 22.9 Å². The summed E-state index contributed by atoms with van der Waals surface area (Å²) in [5.41, 5.74) is 1.18. The lowest BCUT2D eigenvalue weighted by atomic mass is 9.85. The first-order valence-electron chi connectivity index (χ1n) is 12.5. The minimum absolute atomic E-state index is 0.0948. The standard InChI is InChI=1S/C28H33N3O5/c1-34-18-17-30-26(32)28(31(27(30)33)14-11-21-7-9-23(35-2)10-8-21)12-15-29(16-13-28)20-24-19-22-5-3-4-6-25(22)36-24/h3-10,19H,11-18,20H2,1-2H3. The maximum atomic E-state index is 13.6. The van der Waals surface area contributed by atoms with Crippen molar-refractivity contribution in [1.29, 1.82) is 0 Å². The topological polar surface area (TPSA) is 75.5 Å². The lowest BCUT2D eigenvalue weighted by molar-refractivity contribution is -0.136. The maximum absolute atomic E-state index is 13.6. The Kier molecular flexibility index (Phi) is 6.98. The number of para-hydroxylation sites is 1. The molecule has 0 bridgehead atoms. The molecule has 8 heteroatoms. The molecule has 0 radical (unpaired) electrons. The molecule has 3 aromatic rings. The molecule has 2 fully saturated rings. The molecule has 0 atom stereocenters. The Labute approximate surface area is 211 Å². The van der Waals surface area contributed by atoms with E-state index in [2.05, 4.69) is 11.0 Å². The average Bonchev–Trinajstić information content (AvgIpc) is 3.39. The fourth-order valence-electron chi connectivity index (χ4n) is 5.40. The number of urea groups is 1. The van der Waals surface area contributed by atoms with Crippen LogP contribution >= 0.6 is 0 Å². The molecule has 2 saturated heterocycles. The van der Waals surface area contributed by atoms with E-state index >= 15 is 0 Å². The van der Waals surface area contributed by atoms with Crippen LogP contribution < -0.4 is 4.74 Å². The van der Waals surface area contributed by atoms with Gasteiger partial charge in [-0.25, -0.2) is 4.79 Å². The molecule has 3 heterocycles. The number of benzene rings is 2. The van der Waals surface area contributed by atoms with Gasteiger partial charge < -0.3 is 18.8 Å². The molecular weight excluding hydrogens is 458 g/mol. The third-order valence-corrected chi connectivity index (χ3v) is 7.46. The number of methoxy groups -OCH3 is 2. The molecule has 0 N–H and O–H groups in total. The highest BCUT2D eigenvalue weighted by Crippen LogP contribution is 2.38. The summed E-state index contributed by atoms with van der Waals surface area (Å²) in [6, 6.07) is 17.7. The Morgan fingerprint density at radius 2 is 1.72 bits per heavy atom. The van der Waals surface area contributed by atoms with Gasteiger partial charge in [0.15, 0.2) is 0 Å². The molecule has 2 aliphatic heterocycles. The van der Waals surface area contributed by atoms with Crippen molar-refractivity contribution in [1.82, 2.24) is 14.7 Å². The number of carbonyl (C=O) groups is 2. The van der Waals surface area contributed by atoms with Crippen molar-refractivity contribution in [3.63, 3.8) is 0 Å². The van der Waals surface area contributed by atoms with E-state index in [4.69, 9.17) is 13.9 Å². The van der Waals surface area contributed by atoms with Crippen LogP contribution in [0.4, 0.5) is 4.79 Å². The number of piperidine rings is 1. The molecule has 8 nitrogen and oxygen atoms in total. The number of furan rings is 1. The predicted octanol–water partition coefficient (Wildman–Crippen LogP) is 3.93. The van der Waals surface area contributed by atoms with Crippen LogP contribution in [0, 0.1) is 0 Å². The lowest BCUT2D eigenvalue weighted by Gasteiger charge is -2.42. The van der Waals surface area contributed by atoms with Gasteiger partial charge in [0.25, 0.3) is 5.91 Å². The Bertz CT molecular complexity index is 1180. The number of rotatable bonds is 9. The molecule has 3 amide bonds. The number of amides is 3. The summed E-state index contributed by atoms with van der Waals surface area (Å²) in [5.74, 6) is 1.62. The van der Waals surface area contributed by atoms with E-state index in [1.807, 2.05) is 53.4 Å². The fourth-order valence-corrected chi connectivity index (χ4v) is 5.40. The first-order valence-corrected chi connectivity index (χ1v) is 12.5. The molecule has 1 spiro atoms. The Morgan fingerprint density at radius 1 is 0.972 bits per heavy atom. The van der Waals surface area contributed by atoms with E-state index in [1.54, 1.807) is 14.2 Å². The van der Waals surface area contributed by atoms with Crippen molar-refractivity contribution in [3.05, 3.63) is 65.9 Å². The van der Waals surface area contributed by atoms with E-state index in [9.17, 15) is 9.59 Å². The van der Waals surface area contributed by atoms with E-state index in [-0.39, 0.29) is 18.5 Å². The zero-order valence-corrected chi connectivity index (χ0v) is 20.9. The zero-order chi connectivity index (χ0) is 25.1. The molecule has 2 aromatic carbocycles. The number of carbonyl (C=O) groups excluding carboxylic acids is 2. The summed E-state index contributed by atoms with van der Waals surface area (Å²) in [7, 11) is 3.22. The van der Waals surface area contributed by atoms with Gasteiger partial charge in [0.05, 0.1) is 26.8 Å². The van der Waals surface area contributed by atoms with Crippen LogP contribution in [-0.4, -0.2) is 79.2 Å². The minimum atomic E-state index is -0.804. The van der Waals surface area contributed by atoms with Crippen molar-refractivity contribution in [2.24, 2.45) is 0 Å². The Hall–Kier alpha value is -3.36. The van der Waals surface area contributed by atoms with Crippen molar-refractivity contribution in [2.45, 2.75) is 31.3 Å². The van der Waals surface area contributed by atoms with Gasteiger partial charge in [0.2, 0.25) is 0 Å². The van der Waals surface area contributed by atoms with E-state index in [1.165, 1.54) is 4.90 Å². The smallest absolute Gasteiger partial charge is 0.327 e. The summed E-state index contributed by atoms with van der Waals surface area (Å²) in [5, 5.41) is 1.09. The van der Waals surface area contributed by atoms with Gasteiger partial charge in [-0.05, 0) is 49.1 Å². The molecule has 1 aromatic heterocycles. The maximum Gasteiger partial charge on any atom is 0.327 e. The number of likely N-dealkylation sites (tertiary alicyclic amines) is 1. The van der Waals surface area contributed by atoms with Crippen LogP contribution in [0.1, 0.15) is 24.2 Å². The summed E-state index contributed by atoms with van der Waals surface area (Å²) >= 11 is 0. The van der Waals surface area contributed by atoms with Crippen LogP contribution in [0.2, 0.25) is 0 Å². The number of hydrogen-bond acceptors (Lipinski definition) is 6. The number of imide groups is 1. The first-order chi connectivity index (χ1) is 17.5. The second kappa shape index (κ2) is 10.3. The monoisotopic (exact) mass is 491 g/mol. The second-order valence-electron chi connectivity index (χ2n) is 9.54. The SMILES string of the molecule is COCCN1C(=O)N(CCc2ccc(OC)cc2)C2(CCN(Cc3cc4ccccc4o3)CC2)C1=O. The van der Waals surface area contributed by atoms with Crippen LogP contribution in [-0.2, 0) is 22.5 Å². The normalized spacial score (nSPS) is 18.1. The molecule has 0 saturated carbocycles. The fraction of sp³-hybridized carbons (Fsp3) is 0.429. The van der Waals surface area contributed by atoms with E-state index in [0.717, 1.165) is 28.0 Å². The predicted molar refractivity (Wildman–Crippen MR) is 136 cm³/mol. The number of hydrogen-bond donors (Lipinski definition) is 0. The van der Waals surface area contributed by atoms with Gasteiger partial charge >= 0.3 is 6.03 Å². The highest BCUT2D eigenvalue weighted by Gasteiger charge is 2.57. The molecule has 5 rings (SSSR count). The molecule has 0 unspecified atom stereocenters. The van der Waals surface area contributed by atoms with Gasteiger partial charge in [-0.15, -0.1) is 0 Å². The van der Waals surface area contributed by atoms with Crippen LogP contribution in [0.25, 0.3) is 11.0 Å². The number of ether oxygens (including phenoxy) is 2. The van der Waals surface area contributed by atoms with Gasteiger partial charge in [-0.3, -0.25) is 14.6 Å². The highest BCUT2D eigenvalue weighted by molar-refractivity contribution is 6.07. The molecule has 2 aliphatic rings. The van der Waals surface area contributed by atoms with Crippen LogP contribution in [0.5, 0.6) is 5.75 Å². The van der Waals surface area contributed by atoms with Gasteiger partial charge in [-0.2, -0.15) is 0 Å². The largest absolute Gasteiger partial charge is 0.497 e. The van der Waals surface area contributed by atoms with Crippen molar-refractivity contribution in [3.8, 4) is 5.75 Å². The molecule has 36 heavy (non-hydrogen) atoms. The summed E-state index contributed by atoms with van der Waals surface area (Å²) in [6.07, 6.45) is 1.87. The highest BCUT2D eigenvalue weighted by atomic mass is 16.5. The van der Waals surface area contributed by atoms with Gasteiger partial charge in [0, 0.05) is 32.1 Å². The second-order valence-corrected chi connectivity index (χ2v) is 9.54. The van der Waals surface area contributed by atoms with Crippen molar-refractivity contribution in [2.75, 3.05) is 47.0 Å². The minimum Gasteiger partial charge on any atom is -0.497 e. The van der Waals surface area contributed by atoms with Gasteiger partial charge in [-0.1, -0.05) is 30.3 Å². The molecule has 0 aliphatic carbocycles. The Balaban J connectivity index is 1.30. The van der Waals surface area contributed by atoms with E-state index < -0.39 is 5.54 Å². The lowest BCUT2D eigenvalue weighted by Crippen LogP contribution is -2.56. The molecule has 190 valence electrons. The van der Waals surface area contributed by atoms with Gasteiger partial charge in [0.1, 0.15) is 22.6 Å². The first kappa shape index (κ1) is 24.3. The Morgan fingerprint density at radius 3 is 2.42 bits per heavy atom. The summed E-state index contributed by atoms with van der Waals surface area (Å²) in [4.78, 5) is 32.6. The molecular formula is C28H33N3O5. The average molecular weight is 492 g/mol.